The molecule has 2 N–H and O–H groups in total. The summed E-state index contributed by atoms with van der Waals surface area (Å²) in [5.41, 5.74) is -0.615. The number of aliphatic hydroxyl groups is 1. The Bertz CT molecular complexity index is 489. The van der Waals surface area contributed by atoms with Gasteiger partial charge in [0.2, 0.25) is 0 Å². The third kappa shape index (κ3) is 3.96. The Morgan fingerprint density at radius 3 is 2.75 bits per heavy atom. The number of nitrogens with zero attached hydrogens (tertiary/aromatic N) is 1. The van der Waals surface area contributed by atoms with Crippen molar-refractivity contribution in [1.82, 2.24) is 5.32 Å². The van der Waals surface area contributed by atoms with Crippen LogP contribution in [-0.2, 0) is 11.3 Å². The predicted octanol–water partition coefficient (Wildman–Crippen LogP) is 1.36. The summed E-state index contributed by atoms with van der Waals surface area (Å²) in [6.45, 7) is 1.65. The Morgan fingerprint density at radius 1 is 1.40 bits per heavy atom. The number of non-ortho nitro benzene ring substituents is 1. The first-order chi connectivity index (χ1) is 9.48. The molecule has 0 aliphatic carbocycles. The fraction of sp³-hybridized carbons (Fsp3) is 0.538. The van der Waals surface area contributed by atoms with Crippen LogP contribution >= 0.6 is 0 Å². The summed E-state index contributed by atoms with van der Waals surface area (Å²) in [5.74, 6) is -0.638. The van der Waals surface area contributed by atoms with E-state index >= 15 is 0 Å². The summed E-state index contributed by atoms with van der Waals surface area (Å²) < 4.78 is 18.4. The maximum Gasteiger partial charge on any atom is 0.272 e. The molecule has 0 amide bonds. The minimum absolute atomic E-state index is 0.266. The lowest BCUT2D eigenvalue weighted by molar-refractivity contribution is -0.385. The van der Waals surface area contributed by atoms with Gasteiger partial charge < -0.3 is 15.2 Å². The first-order valence-electron chi connectivity index (χ1n) is 6.43. The predicted molar refractivity (Wildman–Crippen MR) is 69.8 cm³/mol. The van der Waals surface area contributed by atoms with E-state index in [2.05, 4.69) is 5.32 Å². The molecule has 110 valence electrons. The molecule has 0 bridgehead atoms. The Kier molecular flexibility index (Phi) is 4.64. The van der Waals surface area contributed by atoms with E-state index in [1.165, 1.54) is 12.1 Å². The summed E-state index contributed by atoms with van der Waals surface area (Å²) in [6.07, 6.45) is 1.09. The Morgan fingerprint density at radius 2 is 2.10 bits per heavy atom. The van der Waals surface area contributed by atoms with Gasteiger partial charge in [0.25, 0.3) is 5.69 Å². The molecule has 1 fully saturated rings. The van der Waals surface area contributed by atoms with Crippen LogP contribution in [0.3, 0.4) is 0 Å². The van der Waals surface area contributed by atoms with Gasteiger partial charge in [-0.1, -0.05) is 0 Å². The molecule has 1 aliphatic heterocycles. The Hall–Kier alpha value is -1.57. The second kappa shape index (κ2) is 6.25. The second-order valence-electron chi connectivity index (χ2n) is 5.02. The topological polar surface area (TPSA) is 84.6 Å². The lowest BCUT2D eigenvalue weighted by Crippen LogP contribution is -2.44. The lowest BCUT2D eigenvalue weighted by Gasteiger charge is -2.32. The van der Waals surface area contributed by atoms with Crippen LogP contribution in [-0.4, -0.2) is 35.4 Å². The molecule has 6 nitrogen and oxygen atoms in total. The highest BCUT2D eigenvalue weighted by Crippen LogP contribution is 2.20. The molecule has 1 aromatic rings. The van der Waals surface area contributed by atoms with E-state index in [-0.39, 0.29) is 12.2 Å². The van der Waals surface area contributed by atoms with Crippen molar-refractivity contribution < 1.29 is 19.2 Å². The van der Waals surface area contributed by atoms with Crippen LogP contribution in [0.4, 0.5) is 10.1 Å². The zero-order valence-corrected chi connectivity index (χ0v) is 11.0. The van der Waals surface area contributed by atoms with E-state index in [0.717, 1.165) is 6.07 Å². The highest BCUT2D eigenvalue weighted by molar-refractivity contribution is 5.35. The van der Waals surface area contributed by atoms with Gasteiger partial charge in [-0.15, -0.1) is 0 Å². The van der Waals surface area contributed by atoms with Crippen molar-refractivity contribution in [2.45, 2.75) is 25.0 Å². The molecular formula is C13H17FN2O4. The maximum absolute atomic E-state index is 13.2. The van der Waals surface area contributed by atoms with Crippen LogP contribution in [0, 0.1) is 15.9 Å². The summed E-state index contributed by atoms with van der Waals surface area (Å²) >= 11 is 0. The molecule has 1 aromatic carbocycles. The normalized spacial score (nSPS) is 17.9. The number of nitrogens with one attached hydrogen (secondary N) is 1. The van der Waals surface area contributed by atoms with Gasteiger partial charge in [-0.05, 0) is 11.6 Å². The van der Waals surface area contributed by atoms with Gasteiger partial charge in [0.05, 0.1) is 16.6 Å². The highest BCUT2D eigenvalue weighted by Gasteiger charge is 2.29. The monoisotopic (exact) mass is 284 g/mol. The van der Waals surface area contributed by atoms with E-state index in [9.17, 15) is 19.6 Å². The fourth-order valence-corrected chi connectivity index (χ4v) is 2.21. The van der Waals surface area contributed by atoms with Crippen molar-refractivity contribution in [3.05, 3.63) is 39.7 Å². The molecule has 20 heavy (non-hydrogen) atoms. The van der Waals surface area contributed by atoms with Gasteiger partial charge >= 0.3 is 0 Å². The largest absolute Gasteiger partial charge is 0.388 e. The molecule has 7 heteroatoms. The van der Waals surface area contributed by atoms with E-state index < -0.39 is 16.3 Å². The minimum Gasteiger partial charge on any atom is -0.388 e. The SMILES string of the molecule is O=[N+]([O-])c1cc(F)cc(CNCC2(O)CCOCC2)c1. The number of hydrogen-bond donors (Lipinski definition) is 2. The second-order valence-corrected chi connectivity index (χ2v) is 5.02. The molecular weight excluding hydrogens is 267 g/mol. The first-order valence-corrected chi connectivity index (χ1v) is 6.43. The third-order valence-electron chi connectivity index (χ3n) is 3.36. The van der Waals surface area contributed by atoms with Crippen molar-refractivity contribution in [1.29, 1.82) is 0 Å². The average Bonchev–Trinajstić information content (AvgIpc) is 2.38. The molecule has 2 rings (SSSR count). The first kappa shape index (κ1) is 14.8. The maximum atomic E-state index is 13.2. The van der Waals surface area contributed by atoms with Crippen molar-refractivity contribution >= 4 is 5.69 Å². The van der Waals surface area contributed by atoms with Crippen molar-refractivity contribution in [2.24, 2.45) is 0 Å². The number of nitro benzene ring substituents is 1. The summed E-state index contributed by atoms with van der Waals surface area (Å²) in [6, 6.07) is 3.45. The highest BCUT2D eigenvalue weighted by atomic mass is 19.1. The number of rotatable bonds is 5. The number of benzene rings is 1. The number of nitro groups is 1. The van der Waals surface area contributed by atoms with Gasteiger partial charge in [0.15, 0.2) is 0 Å². The number of hydrogen-bond acceptors (Lipinski definition) is 5. The van der Waals surface area contributed by atoms with E-state index in [0.29, 0.717) is 38.2 Å². The quantitative estimate of drug-likeness (QED) is 0.630. The molecule has 0 spiro atoms. The Balaban J connectivity index is 1.92. The van der Waals surface area contributed by atoms with Crippen LogP contribution in [0.5, 0.6) is 0 Å². The molecule has 0 unspecified atom stereocenters. The number of halogens is 1. The molecule has 1 aliphatic rings. The van der Waals surface area contributed by atoms with Gasteiger partial charge in [0, 0.05) is 45.2 Å². The average molecular weight is 284 g/mol. The zero-order valence-electron chi connectivity index (χ0n) is 11.0. The Labute approximate surface area is 115 Å². The third-order valence-corrected chi connectivity index (χ3v) is 3.36. The molecule has 0 aromatic heterocycles. The zero-order chi connectivity index (χ0) is 14.6. The molecule has 1 heterocycles. The van der Waals surface area contributed by atoms with Crippen molar-refractivity contribution in [2.75, 3.05) is 19.8 Å². The van der Waals surface area contributed by atoms with Crippen molar-refractivity contribution in [3.63, 3.8) is 0 Å². The van der Waals surface area contributed by atoms with Gasteiger partial charge in [-0.3, -0.25) is 10.1 Å². The lowest BCUT2D eigenvalue weighted by atomic mass is 9.94. The molecule has 0 saturated carbocycles. The van der Waals surface area contributed by atoms with Gasteiger partial charge in [-0.2, -0.15) is 0 Å². The van der Waals surface area contributed by atoms with Crippen LogP contribution in [0.15, 0.2) is 18.2 Å². The van der Waals surface area contributed by atoms with Crippen LogP contribution in [0.1, 0.15) is 18.4 Å². The van der Waals surface area contributed by atoms with Crippen LogP contribution < -0.4 is 5.32 Å². The van der Waals surface area contributed by atoms with E-state index in [1.54, 1.807) is 0 Å². The van der Waals surface area contributed by atoms with Gasteiger partial charge in [-0.25, -0.2) is 4.39 Å². The number of ether oxygens (including phenoxy) is 1. The van der Waals surface area contributed by atoms with Crippen LogP contribution in [0.25, 0.3) is 0 Å². The summed E-state index contributed by atoms with van der Waals surface area (Å²) in [5, 5.41) is 23.9. The molecule has 0 atom stereocenters. The summed E-state index contributed by atoms with van der Waals surface area (Å²) in [4.78, 5) is 10.0. The van der Waals surface area contributed by atoms with Crippen LogP contribution in [0.2, 0.25) is 0 Å². The smallest absolute Gasteiger partial charge is 0.272 e. The van der Waals surface area contributed by atoms with E-state index in [4.69, 9.17) is 4.74 Å². The van der Waals surface area contributed by atoms with Gasteiger partial charge in [0.1, 0.15) is 5.82 Å². The summed E-state index contributed by atoms with van der Waals surface area (Å²) in [7, 11) is 0. The fourth-order valence-electron chi connectivity index (χ4n) is 2.21. The molecule has 1 saturated heterocycles. The van der Waals surface area contributed by atoms with Crippen molar-refractivity contribution in [3.8, 4) is 0 Å². The molecule has 0 radical (unpaired) electrons. The standard InChI is InChI=1S/C13H17FN2O4/c14-11-5-10(6-12(7-11)16(18)19)8-15-9-13(17)1-3-20-4-2-13/h5-7,15,17H,1-4,8-9H2. The minimum atomic E-state index is -0.822. The van der Waals surface area contributed by atoms with E-state index in [1.807, 2.05) is 0 Å².